The van der Waals surface area contributed by atoms with Gasteiger partial charge in [-0.25, -0.2) is 0 Å². The summed E-state index contributed by atoms with van der Waals surface area (Å²) < 4.78 is 16.1. The van der Waals surface area contributed by atoms with E-state index >= 15 is 0 Å². The lowest BCUT2D eigenvalue weighted by Crippen LogP contribution is -2.48. The van der Waals surface area contributed by atoms with Crippen LogP contribution in [0.2, 0.25) is 0 Å². The number of benzene rings is 2. The van der Waals surface area contributed by atoms with E-state index in [0.29, 0.717) is 23.2 Å². The Kier molecular flexibility index (Phi) is 7.68. The van der Waals surface area contributed by atoms with Crippen LogP contribution < -0.4 is 25.1 Å². The molecule has 2 amide bonds. The van der Waals surface area contributed by atoms with Gasteiger partial charge in [-0.15, -0.1) is 0 Å². The zero-order valence-corrected chi connectivity index (χ0v) is 16.5. The smallest absolute Gasteiger partial charge is 0.279 e. The second-order valence-electron chi connectivity index (χ2n) is 6.46. The molecule has 0 fully saturated rings. The first-order chi connectivity index (χ1) is 13.4. The average molecular weight is 386 g/mol. The van der Waals surface area contributed by atoms with Gasteiger partial charge in [0, 0.05) is 0 Å². The van der Waals surface area contributed by atoms with Crippen molar-refractivity contribution in [2.24, 2.45) is 0 Å². The number of hydrogen-bond donors (Lipinski definition) is 2. The predicted octanol–water partition coefficient (Wildman–Crippen LogP) is 2.81. The number of methoxy groups -OCH3 is 1. The Balaban J connectivity index is 1.76. The second-order valence-corrected chi connectivity index (χ2v) is 6.46. The normalized spacial score (nSPS) is 11.5. The number of amides is 2. The van der Waals surface area contributed by atoms with Gasteiger partial charge in [-0.2, -0.15) is 0 Å². The van der Waals surface area contributed by atoms with Crippen LogP contribution in [0.25, 0.3) is 0 Å². The summed E-state index contributed by atoms with van der Waals surface area (Å²) in [5.74, 6) is 0.977. The highest BCUT2D eigenvalue weighted by Gasteiger charge is 2.16. The van der Waals surface area contributed by atoms with E-state index in [1.54, 1.807) is 31.2 Å². The molecule has 28 heavy (non-hydrogen) atoms. The summed E-state index contributed by atoms with van der Waals surface area (Å²) in [5, 5.41) is 0. The monoisotopic (exact) mass is 386 g/mol. The molecule has 0 saturated carbocycles. The van der Waals surface area contributed by atoms with Crippen molar-refractivity contribution in [1.29, 1.82) is 0 Å². The third kappa shape index (κ3) is 6.19. The molecule has 1 atom stereocenters. The van der Waals surface area contributed by atoms with Gasteiger partial charge in [0.15, 0.2) is 24.2 Å². The van der Waals surface area contributed by atoms with Crippen molar-refractivity contribution in [2.45, 2.75) is 32.8 Å². The first kappa shape index (κ1) is 21.1. The summed E-state index contributed by atoms with van der Waals surface area (Å²) in [6.07, 6.45) is -0.777. The number of para-hydroxylation sites is 2. The van der Waals surface area contributed by atoms with Gasteiger partial charge in [-0.05, 0) is 42.7 Å². The Morgan fingerprint density at radius 2 is 1.57 bits per heavy atom. The zero-order valence-electron chi connectivity index (χ0n) is 16.5. The van der Waals surface area contributed by atoms with Crippen LogP contribution in [0, 0.1) is 0 Å². The van der Waals surface area contributed by atoms with Crippen molar-refractivity contribution in [3.63, 3.8) is 0 Å². The molecule has 0 radical (unpaired) electrons. The van der Waals surface area contributed by atoms with Crippen molar-refractivity contribution in [2.75, 3.05) is 13.7 Å². The maximum Gasteiger partial charge on any atom is 0.279 e. The SMILES string of the molecule is COc1ccccc1OCC(=O)NNC(=O)C(C)Oc1ccc(C(C)C)cc1. The number of hydrazine groups is 1. The largest absolute Gasteiger partial charge is 0.493 e. The first-order valence-electron chi connectivity index (χ1n) is 9.01. The molecule has 150 valence electrons. The topological polar surface area (TPSA) is 85.9 Å². The Labute approximate surface area is 165 Å². The number of ether oxygens (including phenoxy) is 3. The lowest BCUT2D eigenvalue weighted by atomic mass is 10.0. The van der Waals surface area contributed by atoms with Gasteiger partial charge in [0.25, 0.3) is 11.8 Å². The molecule has 2 aromatic rings. The van der Waals surface area contributed by atoms with Crippen LogP contribution >= 0.6 is 0 Å². The molecule has 0 aliphatic heterocycles. The predicted molar refractivity (Wildman–Crippen MR) is 105 cm³/mol. The summed E-state index contributed by atoms with van der Waals surface area (Å²) >= 11 is 0. The van der Waals surface area contributed by atoms with Gasteiger partial charge in [-0.3, -0.25) is 20.4 Å². The third-order valence-electron chi connectivity index (χ3n) is 3.98. The van der Waals surface area contributed by atoms with Gasteiger partial charge in [0.2, 0.25) is 0 Å². The van der Waals surface area contributed by atoms with E-state index in [4.69, 9.17) is 14.2 Å². The Morgan fingerprint density at radius 1 is 0.929 bits per heavy atom. The fraction of sp³-hybridized carbons (Fsp3) is 0.333. The van der Waals surface area contributed by atoms with Crippen molar-refractivity contribution in [3.05, 3.63) is 54.1 Å². The minimum Gasteiger partial charge on any atom is -0.493 e. The van der Waals surface area contributed by atoms with Crippen LogP contribution in [-0.4, -0.2) is 31.6 Å². The minimum absolute atomic E-state index is 0.271. The third-order valence-corrected chi connectivity index (χ3v) is 3.98. The molecule has 0 spiro atoms. The molecule has 7 heteroatoms. The van der Waals surface area contributed by atoms with Gasteiger partial charge < -0.3 is 14.2 Å². The summed E-state index contributed by atoms with van der Waals surface area (Å²) in [4.78, 5) is 24.0. The highest BCUT2D eigenvalue weighted by Crippen LogP contribution is 2.25. The van der Waals surface area contributed by atoms with Crippen molar-refractivity contribution in [1.82, 2.24) is 10.9 Å². The first-order valence-corrected chi connectivity index (χ1v) is 9.01. The highest BCUT2D eigenvalue weighted by molar-refractivity contribution is 5.85. The van der Waals surface area contributed by atoms with Gasteiger partial charge >= 0.3 is 0 Å². The zero-order chi connectivity index (χ0) is 20.5. The maximum atomic E-state index is 12.1. The molecule has 1 unspecified atom stereocenters. The van der Waals surface area contributed by atoms with Crippen LogP contribution in [0.4, 0.5) is 0 Å². The van der Waals surface area contributed by atoms with Crippen LogP contribution in [0.15, 0.2) is 48.5 Å². The van der Waals surface area contributed by atoms with Crippen molar-refractivity contribution >= 4 is 11.8 Å². The van der Waals surface area contributed by atoms with Crippen LogP contribution in [-0.2, 0) is 9.59 Å². The lowest BCUT2D eigenvalue weighted by molar-refractivity contribution is -0.133. The van der Waals surface area contributed by atoms with Gasteiger partial charge in [-0.1, -0.05) is 38.1 Å². The Bertz CT molecular complexity index is 790. The number of nitrogens with one attached hydrogen (secondary N) is 2. The quantitative estimate of drug-likeness (QED) is 0.682. The number of carbonyl (C=O) groups is 2. The minimum atomic E-state index is -0.777. The molecule has 0 aliphatic rings. The number of rotatable bonds is 8. The fourth-order valence-corrected chi connectivity index (χ4v) is 2.34. The van der Waals surface area contributed by atoms with E-state index < -0.39 is 17.9 Å². The molecule has 7 nitrogen and oxygen atoms in total. The maximum absolute atomic E-state index is 12.1. The Morgan fingerprint density at radius 3 is 2.18 bits per heavy atom. The summed E-state index contributed by atoms with van der Waals surface area (Å²) in [5.41, 5.74) is 5.81. The molecule has 0 saturated heterocycles. The van der Waals surface area contributed by atoms with Crippen LogP contribution in [0.5, 0.6) is 17.2 Å². The number of carbonyl (C=O) groups excluding carboxylic acids is 2. The molecule has 0 aromatic heterocycles. The molecular weight excluding hydrogens is 360 g/mol. The molecule has 2 aromatic carbocycles. The average Bonchev–Trinajstić information content (AvgIpc) is 2.70. The van der Waals surface area contributed by atoms with Crippen molar-refractivity contribution < 1.29 is 23.8 Å². The summed E-state index contributed by atoms with van der Waals surface area (Å²) in [6.45, 7) is 5.54. The molecule has 2 rings (SSSR count). The van der Waals surface area contributed by atoms with E-state index in [2.05, 4.69) is 24.7 Å². The molecule has 0 bridgehead atoms. The van der Waals surface area contributed by atoms with Crippen LogP contribution in [0.3, 0.4) is 0 Å². The van der Waals surface area contributed by atoms with E-state index in [-0.39, 0.29) is 6.61 Å². The van der Waals surface area contributed by atoms with E-state index in [0.717, 1.165) is 0 Å². The lowest BCUT2D eigenvalue weighted by Gasteiger charge is -2.16. The molecular formula is C21H26N2O5. The molecule has 2 N–H and O–H groups in total. The second kappa shape index (κ2) is 10.2. The van der Waals surface area contributed by atoms with E-state index in [1.165, 1.54) is 12.7 Å². The van der Waals surface area contributed by atoms with Crippen LogP contribution in [0.1, 0.15) is 32.3 Å². The fourth-order valence-electron chi connectivity index (χ4n) is 2.34. The van der Waals surface area contributed by atoms with E-state index in [9.17, 15) is 9.59 Å². The standard InChI is InChI=1S/C21H26N2O5/c1-14(2)16-9-11-17(12-10-16)28-15(3)21(25)23-22-20(24)13-27-19-8-6-5-7-18(19)26-4/h5-12,14-15H,13H2,1-4H3,(H,22,24)(H,23,25). The molecule has 0 aliphatic carbocycles. The number of hydrogen-bond acceptors (Lipinski definition) is 5. The van der Waals surface area contributed by atoms with Gasteiger partial charge in [0.1, 0.15) is 5.75 Å². The van der Waals surface area contributed by atoms with E-state index in [1.807, 2.05) is 24.3 Å². The summed E-state index contributed by atoms with van der Waals surface area (Å²) in [7, 11) is 1.51. The highest BCUT2D eigenvalue weighted by atomic mass is 16.5. The summed E-state index contributed by atoms with van der Waals surface area (Å²) in [6, 6.07) is 14.5. The Hall–Kier alpha value is -3.22. The van der Waals surface area contributed by atoms with Crippen molar-refractivity contribution in [3.8, 4) is 17.2 Å². The molecule has 0 heterocycles. The van der Waals surface area contributed by atoms with Gasteiger partial charge in [0.05, 0.1) is 7.11 Å².